The third-order valence-electron chi connectivity index (χ3n) is 2.64. The number of fused-ring (bicyclic) bond motifs is 1. The van der Waals surface area contributed by atoms with Gasteiger partial charge >= 0.3 is 5.97 Å². The molecule has 0 aliphatic rings. The zero-order valence-electron chi connectivity index (χ0n) is 8.47. The summed E-state index contributed by atoms with van der Waals surface area (Å²) in [6.45, 7) is 1.70. The predicted molar refractivity (Wildman–Crippen MR) is 60.0 cm³/mol. The Balaban J connectivity index is 2.51. The molecule has 0 aromatic heterocycles. The number of hydrogen-bond donors (Lipinski definition) is 1. The average Bonchev–Trinajstić information content (AvgIpc) is 2.27. The Morgan fingerprint density at radius 1 is 1.13 bits per heavy atom. The highest BCUT2D eigenvalue weighted by atomic mass is 16.4. The van der Waals surface area contributed by atoms with Gasteiger partial charge in [0.25, 0.3) is 0 Å². The van der Waals surface area contributed by atoms with Gasteiger partial charge in [0.1, 0.15) is 0 Å². The van der Waals surface area contributed by atoms with E-state index in [2.05, 4.69) is 0 Å². The topological polar surface area (TPSA) is 37.3 Å². The van der Waals surface area contributed by atoms with Gasteiger partial charge in [0, 0.05) is 0 Å². The molecule has 0 saturated heterocycles. The summed E-state index contributed by atoms with van der Waals surface area (Å²) in [7, 11) is 0. The molecule has 76 valence electrons. The summed E-state index contributed by atoms with van der Waals surface area (Å²) < 4.78 is 0. The molecule has 15 heavy (non-hydrogen) atoms. The lowest BCUT2D eigenvalue weighted by molar-refractivity contribution is -0.138. The third kappa shape index (κ3) is 1.84. The fraction of sp³-hybridized carbons (Fsp3) is 0.154. The van der Waals surface area contributed by atoms with Crippen molar-refractivity contribution in [3.63, 3.8) is 0 Å². The molecule has 0 unspecified atom stereocenters. The van der Waals surface area contributed by atoms with E-state index in [1.165, 1.54) is 0 Å². The molecule has 1 atom stereocenters. The van der Waals surface area contributed by atoms with Crippen LogP contribution in [0, 0.1) is 0 Å². The molecule has 0 bridgehead atoms. The van der Waals surface area contributed by atoms with Crippen molar-refractivity contribution in [3.05, 3.63) is 48.0 Å². The van der Waals surface area contributed by atoms with Crippen LogP contribution < -0.4 is 0 Å². The largest absolute Gasteiger partial charge is 0.481 e. The van der Waals surface area contributed by atoms with Crippen LogP contribution in [0.3, 0.4) is 0 Å². The quantitative estimate of drug-likeness (QED) is 0.809. The Kier molecular flexibility index (Phi) is 2.42. The van der Waals surface area contributed by atoms with Crippen molar-refractivity contribution in [1.82, 2.24) is 0 Å². The smallest absolute Gasteiger partial charge is 0.310 e. The zero-order chi connectivity index (χ0) is 10.8. The molecule has 0 fully saturated rings. The molecule has 2 aromatic rings. The van der Waals surface area contributed by atoms with Crippen molar-refractivity contribution >= 4 is 16.7 Å². The van der Waals surface area contributed by atoms with E-state index in [1.807, 2.05) is 42.5 Å². The van der Waals surface area contributed by atoms with Gasteiger partial charge in [-0.3, -0.25) is 4.79 Å². The van der Waals surface area contributed by atoms with Crippen LogP contribution in [0.1, 0.15) is 18.4 Å². The lowest BCUT2D eigenvalue weighted by atomic mass is 9.98. The second-order valence-electron chi connectivity index (χ2n) is 3.67. The van der Waals surface area contributed by atoms with Gasteiger partial charge < -0.3 is 5.11 Å². The van der Waals surface area contributed by atoms with E-state index in [4.69, 9.17) is 5.11 Å². The van der Waals surface area contributed by atoms with Crippen LogP contribution in [0.15, 0.2) is 42.5 Å². The highest BCUT2D eigenvalue weighted by Crippen LogP contribution is 2.21. The van der Waals surface area contributed by atoms with E-state index in [-0.39, 0.29) is 0 Å². The molecule has 0 amide bonds. The van der Waals surface area contributed by atoms with Gasteiger partial charge in [0.15, 0.2) is 0 Å². The first-order valence-electron chi connectivity index (χ1n) is 4.90. The zero-order valence-corrected chi connectivity index (χ0v) is 8.47. The lowest BCUT2D eigenvalue weighted by Crippen LogP contribution is -2.06. The Morgan fingerprint density at radius 3 is 2.47 bits per heavy atom. The maximum Gasteiger partial charge on any atom is 0.310 e. The summed E-state index contributed by atoms with van der Waals surface area (Å²) in [5.74, 6) is -1.24. The monoisotopic (exact) mass is 200 g/mol. The molecule has 2 nitrogen and oxygen atoms in total. The van der Waals surface area contributed by atoms with Gasteiger partial charge in [-0.15, -0.1) is 0 Å². The Hall–Kier alpha value is -1.83. The average molecular weight is 200 g/mol. The molecule has 2 aromatic carbocycles. The fourth-order valence-corrected chi connectivity index (χ4v) is 1.62. The summed E-state index contributed by atoms with van der Waals surface area (Å²) in [4.78, 5) is 10.8. The molecule has 0 radical (unpaired) electrons. The van der Waals surface area contributed by atoms with Crippen molar-refractivity contribution in [1.29, 1.82) is 0 Å². The molecule has 2 heteroatoms. The van der Waals surface area contributed by atoms with Crippen molar-refractivity contribution in [2.45, 2.75) is 12.8 Å². The summed E-state index contributed by atoms with van der Waals surface area (Å²) in [5, 5.41) is 11.1. The minimum Gasteiger partial charge on any atom is -0.481 e. The first-order valence-corrected chi connectivity index (χ1v) is 4.90. The van der Waals surface area contributed by atoms with Crippen LogP contribution in [-0.4, -0.2) is 11.1 Å². The number of aliphatic carboxylic acids is 1. The fourth-order valence-electron chi connectivity index (χ4n) is 1.62. The molecular weight excluding hydrogens is 188 g/mol. The van der Waals surface area contributed by atoms with Gasteiger partial charge in [-0.2, -0.15) is 0 Å². The normalized spacial score (nSPS) is 12.6. The highest BCUT2D eigenvalue weighted by molar-refractivity contribution is 5.85. The second-order valence-corrected chi connectivity index (χ2v) is 3.67. The van der Waals surface area contributed by atoms with Crippen LogP contribution in [0.2, 0.25) is 0 Å². The van der Waals surface area contributed by atoms with Crippen LogP contribution in [0.5, 0.6) is 0 Å². The standard InChI is InChI=1S/C13H12O2/c1-9(13(14)15)11-7-6-10-4-2-3-5-12(10)8-11/h2-9H,1H3,(H,14,15)/t9-/m1/s1. The summed E-state index contributed by atoms with van der Waals surface area (Å²) in [6.07, 6.45) is 0. The van der Waals surface area contributed by atoms with E-state index < -0.39 is 11.9 Å². The summed E-state index contributed by atoms with van der Waals surface area (Å²) in [6, 6.07) is 13.7. The lowest BCUT2D eigenvalue weighted by Gasteiger charge is -2.07. The number of carboxylic acid groups (broad SMARTS) is 1. The van der Waals surface area contributed by atoms with E-state index in [0.717, 1.165) is 16.3 Å². The van der Waals surface area contributed by atoms with Gasteiger partial charge in [0.2, 0.25) is 0 Å². The molecule has 1 N–H and O–H groups in total. The van der Waals surface area contributed by atoms with E-state index in [0.29, 0.717) is 0 Å². The predicted octanol–water partition coefficient (Wildman–Crippen LogP) is 3.03. The van der Waals surface area contributed by atoms with Gasteiger partial charge in [-0.05, 0) is 23.3 Å². The number of carbonyl (C=O) groups is 1. The highest BCUT2D eigenvalue weighted by Gasteiger charge is 2.13. The maximum atomic E-state index is 10.8. The van der Waals surface area contributed by atoms with Crippen LogP contribution >= 0.6 is 0 Å². The number of carboxylic acids is 1. The maximum absolute atomic E-state index is 10.8. The SMILES string of the molecule is C[C@@H](C(=O)O)c1ccc2ccccc2c1. The van der Waals surface area contributed by atoms with E-state index in [1.54, 1.807) is 6.92 Å². The Morgan fingerprint density at radius 2 is 1.80 bits per heavy atom. The second kappa shape index (κ2) is 3.73. The first-order chi connectivity index (χ1) is 7.18. The van der Waals surface area contributed by atoms with Gasteiger partial charge in [0.05, 0.1) is 5.92 Å². The number of hydrogen-bond acceptors (Lipinski definition) is 1. The van der Waals surface area contributed by atoms with E-state index in [9.17, 15) is 4.79 Å². The van der Waals surface area contributed by atoms with Crippen LogP contribution in [0.25, 0.3) is 10.8 Å². The molecule has 0 saturated carbocycles. The molecule has 0 aliphatic carbocycles. The van der Waals surface area contributed by atoms with Crippen LogP contribution in [-0.2, 0) is 4.79 Å². The first kappa shape index (κ1) is 9.71. The summed E-state index contributed by atoms with van der Waals surface area (Å²) in [5.41, 5.74) is 0.848. The van der Waals surface area contributed by atoms with Crippen molar-refractivity contribution < 1.29 is 9.90 Å². The molecular formula is C13H12O2. The molecule has 2 rings (SSSR count). The number of benzene rings is 2. The Bertz CT molecular complexity index is 503. The molecule has 0 aliphatic heterocycles. The van der Waals surface area contributed by atoms with Gasteiger partial charge in [-0.1, -0.05) is 42.5 Å². The minimum atomic E-state index is -0.787. The molecule has 0 heterocycles. The molecule has 0 spiro atoms. The van der Waals surface area contributed by atoms with Crippen molar-refractivity contribution in [2.24, 2.45) is 0 Å². The van der Waals surface area contributed by atoms with Gasteiger partial charge in [-0.25, -0.2) is 0 Å². The third-order valence-corrected chi connectivity index (χ3v) is 2.64. The summed E-state index contributed by atoms with van der Waals surface area (Å²) >= 11 is 0. The van der Waals surface area contributed by atoms with Crippen molar-refractivity contribution in [2.75, 3.05) is 0 Å². The van der Waals surface area contributed by atoms with Crippen LogP contribution in [0.4, 0.5) is 0 Å². The Labute approximate surface area is 88.2 Å². The van der Waals surface area contributed by atoms with Crippen molar-refractivity contribution in [3.8, 4) is 0 Å². The number of rotatable bonds is 2. The minimum absolute atomic E-state index is 0.449. The van der Waals surface area contributed by atoms with E-state index >= 15 is 0 Å².